The maximum Gasteiger partial charge on any atom is 0.238 e. The van der Waals surface area contributed by atoms with Gasteiger partial charge >= 0.3 is 0 Å². The molecule has 6 nitrogen and oxygen atoms in total. The fourth-order valence-electron chi connectivity index (χ4n) is 8.63. The number of aromatic nitrogens is 4. The summed E-state index contributed by atoms with van der Waals surface area (Å²) in [6.07, 6.45) is 0. The third-order valence-electron chi connectivity index (χ3n) is 11.5. The summed E-state index contributed by atoms with van der Waals surface area (Å²) in [7, 11) is 0. The fraction of sp³-hybridized carbons (Fsp3) is 0. The normalized spacial score (nSPS) is 14.3. The second-order valence-electron chi connectivity index (χ2n) is 15.1. The van der Waals surface area contributed by atoms with Crippen LogP contribution < -0.4 is 0 Å². The van der Waals surface area contributed by atoms with Crippen LogP contribution in [0.4, 0.5) is 0 Å². The SMILES string of the molecule is [2H]c1c([2H])c([2H])c(-c2c([2H])c([2H])c([2H])c3oc4c([2H])c(-c5nc(-c6cc(-c7ccccc7)cc(-c7ccccc7)c6)nc(-n6c7ccccc7c7c8oc9ccccc9c8ccc76)n5)c([2H])c([2H])c4c23)c([2H])c1[2H]. The van der Waals surface area contributed by atoms with E-state index in [0.29, 0.717) is 22.2 Å². The van der Waals surface area contributed by atoms with Crippen LogP contribution in [0.2, 0.25) is 0 Å². The average molecular weight is 818 g/mol. The second-order valence-corrected chi connectivity index (χ2v) is 15.1. The van der Waals surface area contributed by atoms with Crippen molar-refractivity contribution in [3.8, 4) is 62.1 Å². The molecule has 294 valence electrons. The first-order valence-electron chi connectivity index (χ1n) is 25.7. The molecule has 4 heterocycles. The van der Waals surface area contributed by atoms with E-state index in [0.717, 1.165) is 49.4 Å². The van der Waals surface area contributed by atoms with E-state index in [1.54, 1.807) is 0 Å². The molecule has 0 unspecified atom stereocenters. The quantitative estimate of drug-likeness (QED) is 0.167. The van der Waals surface area contributed by atoms with Crippen molar-refractivity contribution in [3.05, 3.63) is 206 Å². The minimum Gasteiger partial charge on any atom is -0.456 e. The molecule has 0 amide bonds. The molecular formula is C57H34N4O2. The van der Waals surface area contributed by atoms with Gasteiger partial charge in [0.15, 0.2) is 11.6 Å². The maximum atomic E-state index is 9.87. The van der Waals surface area contributed by atoms with Crippen molar-refractivity contribution in [2.24, 2.45) is 0 Å². The van der Waals surface area contributed by atoms with Crippen LogP contribution in [0.5, 0.6) is 0 Å². The van der Waals surface area contributed by atoms with Gasteiger partial charge in [-0.25, -0.2) is 4.98 Å². The zero-order valence-electron chi connectivity index (χ0n) is 43.9. The first kappa shape index (κ1) is 25.9. The highest BCUT2D eigenvalue weighted by Crippen LogP contribution is 2.42. The van der Waals surface area contributed by atoms with Crippen LogP contribution in [0.15, 0.2) is 215 Å². The van der Waals surface area contributed by atoms with Crippen molar-refractivity contribution in [3.63, 3.8) is 0 Å². The Hall–Kier alpha value is -8.61. The Labute approximate surface area is 376 Å². The molecular weight excluding hydrogens is 773 g/mol. The maximum absolute atomic E-state index is 9.87. The molecule has 9 aromatic carbocycles. The molecule has 0 spiro atoms. The molecule has 13 aromatic rings. The van der Waals surface area contributed by atoms with Crippen molar-refractivity contribution >= 4 is 65.7 Å². The van der Waals surface area contributed by atoms with E-state index in [4.69, 9.17) is 34.8 Å². The highest BCUT2D eigenvalue weighted by molar-refractivity contribution is 6.23. The highest BCUT2D eigenvalue weighted by atomic mass is 16.3. The number of benzene rings is 9. The van der Waals surface area contributed by atoms with E-state index in [-0.39, 0.29) is 50.7 Å². The van der Waals surface area contributed by atoms with Crippen molar-refractivity contribution in [1.29, 1.82) is 0 Å². The van der Waals surface area contributed by atoms with E-state index in [2.05, 4.69) is 6.07 Å². The number of fused-ring (bicyclic) bond motifs is 10. The van der Waals surface area contributed by atoms with Gasteiger partial charge in [0.1, 0.15) is 22.3 Å². The van der Waals surface area contributed by atoms with Crippen LogP contribution in [0.3, 0.4) is 0 Å². The lowest BCUT2D eigenvalue weighted by Crippen LogP contribution is -2.06. The largest absolute Gasteiger partial charge is 0.456 e. The summed E-state index contributed by atoms with van der Waals surface area (Å²) in [5.41, 5.74) is 5.19. The van der Waals surface area contributed by atoms with E-state index in [1.807, 2.05) is 138 Å². The van der Waals surface area contributed by atoms with Gasteiger partial charge in [0.25, 0.3) is 0 Å². The summed E-state index contributed by atoms with van der Waals surface area (Å²) in [5.74, 6) is 0.111. The standard InChI is InChI=1S/C57H34N4O2/c1-4-15-35(16-5-1)39-31-40(36-17-6-2-7-18-36)33-41(32-39)56-58-55(38-27-28-46-51(34-38)62-50-26-14-23-42(52(46)50)37-19-8-3-9-20-37)59-57(60-56)61-47-24-12-10-22-45(47)53-48(61)30-29-44-43-21-11-13-25-49(43)63-54(44)53/h1-34H/i3D,8D,9D,14D,19D,20D,23D,26D,27D,28D,34D. The smallest absolute Gasteiger partial charge is 0.238 e. The van der Waals surface area contributed by atoms with Gasteiger partial charge in [-0.2, -0.15) is 9.97 Å². The average Bonchev–Trinajstić information content (AvgIpc) is 4.14. The Balaban J connectivity index is 1.14. The second kappa shape index (κ2) is 14.0. The van der Waals surface area contributed by atoms with Gasteiger partial charge in [-0.1, -0.05) is 145 Å². The molecule has 0 fully saturated rings. The van der Waals surface area contributed by atoms with Crippen LogP contribution in [0, 0.1) is 0 Å². The molecule has 4 aromatic heterocycles. The lowest BCUT2D eigenvalue weighted by Gasteiger charge is -2.13. The fourth-order valence-corrected chi connectivity index (χ4v) is 8.63. The number of hydrogen-bond acceptors (Lipinski definition) is 5. The predicted molar refractivity (Wildman–Crippen MR) is 256 cm³/mol. The predicted octanol–water partition coefficient (Wildman–Crippen LogP) is 15.1. The first-order valence-corrected chi connectivity index (χ1v) is 20.2. The van der Waals surface area contributed by atoms with E-state index in [9.17, 15) is 4.11 Å². The molecule has 0 aliphatic carbocycles. The van der Waals surface area contributed by atoms with Gasteiger partial charge in [0.05, 0.1) is 31.5 Å². The summed E-state index contributed by atoms with van der Waals surface area (Å²) in [6, 6.07) is 38.4. The summed E-state index contributed by atoms with van der Waals surface area (Å²) >= 11 is 0. The number of nitrogens with zero attached hydrogens (tertiary/aromatic N) is 4. The molecule has 0 aliphatic heterocycles. The van der Waals surface area contributed by atoms with E-state index < -0.39 is 72.0 Å². The Morgan fingerprint density at radius 2 is 1.08 bits per heavy atom. The van der Waals surface area contributed by atoms with E-state index in [1.165, 1.54) is 0 Å². The Kier molecular flexibility index (Phi) is 5.74. The van der Waals surface area contributed by atoms with Crippen LogP contribution in [-0.2, 0) is 0 Å². The number of hydrogen-bond donors (Lipinski definition) is 0. The number of para-hydroxylation sites is 2. The molecule has 0 saturated carbocycles. The van der Waals surface area contributed by atoms with Crippen molar-refractivity contribution < 1.29 is 23.9 Å². The number of furan rings is 2. The Morgan fingerprint density at radius 1 is 0.397 bits per heavy atom. The lowest BCUT2D eigenvalue weighted by atomic mass is 9.96. The van der Waals surface area contributed by atoms with Crippen LogP contribution in [0.25, 0.3) is 128 Å². The molecule has 0 bridgehead atoms. The molecule has 0 atom stereocenters. The molecule has 0 radical (unpaired) electrons. The zero-order chi connectivity index (χ0) is 51.0. The lowest BCUT2D eigenvalue weighted by molar-refractivity contribution is 0.669. The van der Waals surface area contributed by atoms with Crippen molar-refractivity contribution in [2.75, 3.05) is 0 Å². The van der Waals surface area contributed by atoms with Gasteiger partial charge < -0.3 is 8.83 Å². The first-order chi connectivity index (χ1) is 35.8. The Morgan fingerprint density at radius 3 is 1.86 bits per heavy atom. The summed E-state index contributed by atoms with van der Waals surface area (Å²) < 4.78 is 114. The van der Waals surface area contributed by atoms with Gasteiger partial charge in [-0.15, -0.1) is 0 Å². The molecule has 13 rings (SSSR count). The van der Waals surface area contributed by atoms with Crippen LogP contribution >= 0.6 is 0 Å². The third-order valence-corrected chi connectivity index (χ3v) is 11.5. The summed E-state index contributed by atoms with van der Waals surface area (Å²) in [5, 5.41) is 3.08. The van der Waals surface area contributed by atoms with Gasteiger partial charge in [-0.3, -0.25) is 4.57 Å². The molecule has 0 saturated heterocycles. The van der Waals surface area contributed by atoms with Gasteiger partial charge in [-0.05, 0) is 94.0 Å². The van der Waals surface area contributed by atoms with Crippen molar-refractivity contribution in [2.45, 2.75) is 0 Å². The molecule has 0 N–H and O–H groups in total. The minimum atomic E-state index is -0.699. The van der Waals surface area contributed by atoms with Crippen LogP contribution in [-0.4, -0.2) is 19.5 Å². The van der Waals surface area contributed by atoms with Crippen molar-refractivity contribution in [1.82, 2.24) is 19.5 Å². The third kappa shape index (κ3) is 5.69. The molecule has 6 heteroatoms. The topological polar surface area (TPSA) is 69.9 Å². The summed E-state index contributed by atoms with van der Waals surface area (Å²) in [6.45, 7) is 0. The molecule has 0 aliphatic rings. The minimum absolute atomic E-state index is 0.114. The Bertz CT molecular complexity index is 4490. The van der Waals surface area contributed by atoms with Gasteiger partial charge in [0, 0.05) is 38.1 Å². The van der Waals surface area contributed by atoms with Crippen LogP contribution in [0.1, 0.15) is 15.1 Å². The van der Waals surface area contributed by atoms with E-state index >= 15 is 0 Å². The summed E-state index contributed by atoms with van der Waals surface area (Å²) in [4.78, 5) is 15.4. The zero-order valence-corrected chi connectivity index (χ0v) is 32.9. The molecule has 63 heavy (non-hydrogen) atoms. The highest BCUT2D eigenvalue weighted by Gasteiger charge is 2.23. The number of rotatable bonds is 6. The van der Waals surface area contributed by atoms with Gasteiger partial charge in [0.2, 0.25) is 5.95 Å². The monoisotopic (exact) mass is 817 g/mol.